The van der Waals surface area contributed by atoms with E-state index in [1.54, 1.807) is 11.8 Å². The van der Waals surface area contributed by atoms with Crippen molar-refractivity contribution in [2.75, 3.05) is 35.4 Å². The molecule has 0 unspecified atom stereocenters. The first kappa shape index (κ1) is 14.4. The fourth-order valence-corrected chi connectivity index (χ4v) is 3.38. The third-order valence-corrected chi connectivity index (χ3v) is 4.42. The number of thioether (sulfide) groups is 1. The van der Waals surface area contributed by atoms with Crippen LogP contribution in [0, 0.1) is 6.92 Å². The summed E-state index contributed by atoms with van der Waals surface area (Å²) >= 11 is 1.66. The first-order chi connectivity index (χ1) is 7.97. The van der Waals surface area contributed by atoms with Crippen molar-refractivity contribution in [2.24, 2.45) is 0 Å². The van der Waals surface area contributed by atoms with Gasteiger partial charge in [0.2, 0.25) is 0 Å². The van der Waals surface area contributed by atoms with Gasteiger partial charge in [-0.15, -0.1) is 0 Å². The molecule has 96 valence electrons. The second-order valence-electron chi connectivity index (χ2n) is 4.04. The molecule has 3 nitrogen and oxygen atoms in total. The van der Waals surface area contributed by atoms with Gasteiger partial charge in [0.1, 0.15) is 9.84 Å². The number of benzene rings is 1. The third-order valence-electron chi connectivity index (χ3n) is 2.23. The lowest BCUT2D eigenvalue weighted by molar-refractivity contribution is 0.603. The molecule has 1 N–H and O–H groups in total. The molecule has 0 spiro atoms. The number of nitrogens with one attached hydrogen (secondary N) is 1. The summed E-state index contributed by atoms with van der Waals surface area (Å²) in [5, 5.41) is 3.30. The van der Waals surface area contributed by atoms with Gasteiger partial charge in [-0.1, -0.05) is 17.7 Å². The lowest BCUT2D eigenvalue weighted by atomic mass is 10.2. The maximum absolute atomic E-state index is 10.9. The van der Waals surface area contributed by atoms with Crippen molar-refractivity contribution in [3.8, 4) is 0 Å². The van der Waals surface area contributed by atoms with Crippen molar-refractivity contribution < 1.29 is 8.42 Å². The molecule has 0 saturated heterocycles. The zero-order valence-electron chi connectivity index (χ0n) is 10.3. The first-order valence-electron chi connectivity index (χ1n) is 5.53. The molecule has 0 aromatic heterocycles. The van der Waals surface area contributed by atoms with Crippen molar-refractivity contribution in [3.63, 3.8) is 0 Å². The number of hydrogen-bond donors (Lipinski definition) is 1. The van der Waals surface area contributed by atoms with Crippen molar-refractivity contribution >= 4 is 27.3 Å². The van der Waals surface area contributed by atoms with E-state index in [0.717, 1.165) is 18.0 Å². The summed E-state index contributed by atoms with van der Waals surface area (Å²) in [6, 6.07) is 8.24. The summed E-state index contributed by atoms with van der Waals surface area (Å²) in [6.45, 7) is 2.92. The van der Waals surface area contributed by atoms with E-state index >= 15 is 0 Å². The predicted octanol–water partition coefficient (Wildman–Crippen LogP) is 2.18. The Bertz CT molecular complexity index is 426. The van der Waals surface area contributed by atoms with Crippen molar-refractivity contribution in [2.45, 2.75) is 6.92 Å². The van der Waals surface area contributed by atoms with Gasteiger partial charge >= 0.3 is 0 Å². The third kappa shape index (κ3) is 7.28. The highest BCUT2D eigenvalue weighted by molar-refractivity contribution is 8.00. The van der Waals surface area contributed by atoms with Crippen LogP contribution in [0.25, 0.3) is 0 Å². The van der Waals surface area contributed by atoms with Gasteiger partial charge in [0, 0.05) is 30.0 Å². The summed E-state index contributed by atoms with van der Waals surface area (Å²) in [6.07, 6.45) is 1.28. The number of hydrogen-bond acceptors (Lipinski definition) is 4. The Balaban J connectivity index is 2.10. The molecular formula is C12H19NO2S2. The summed E-state index contributed by atoms with van der Waals surface area (Å²) in [4.78, 5) is 0. The van der Waals surface area contributed by atoms with E-state index < -0.39 is 9.84 Å². The molecule has 0 aliphatic carbocycles. The van der Waals surface area contributed by atoms with E-state index in [0.29, 0.717) is 5.75 Å². The number of aryl methyl sites for hydroxylation is 1. The van der Waals surface area contributed by atoms with Crippen LogP contribution in [0.5, 0.6) is 0 Å². The van der Waals surface area contributed by atoms with Crippen LogP contribution in [0.2, 0.25) is 0 Å². The molecule has 0 fully saturated rings. The van der Waals surface area contributed by atoms with Gasteiger partial charge in [-0.3, -0.25) is 0 Å². The van der Waals surface area contributed by atoms with E-state index in [1.165, 1.54) is 11.8 Å². The van der Waals surface area contributed by atoms with Crippen molar-refractivity contribution in [1.29, 1.82) is 0 Å². The SMILES string of the molecule is Cc1ccc(NCCSCCS(C)(=O)=O)cc1. The van der Waals surface area contributed by atoms with Crippen molar-refractivity contribution in [3.05, 3.63) is 29.8 Å². The fourth-order valence-electron chi connectivity index (χ4n) is 1.25. The number of anilines is 1. The Kier molecular flexibility index (Phi) is 5.85. The van der Waals surface area contributed by atoms with Gasteiger partial charge in [-0.05, 0) is 19.1 Å². The highest BCUT2D eigenvalue weighted by atomic mass is 32.2. The largest absolute Gasteiger partial charge is 0.384 e. The summed E-state index contributed by atoms with van der Waals surface area (Å²) in [7, 11) is -2.81. The molecule has 1 aromatic carbocycles. The standard InChI is InChI=1S/C12H19NO2S2/c1-11-3-5-12(6-4-11)13-7-8-16-9-10-17(2,14)15/h3-6,13H,7-10H2,1-2H3. The molecule has 0 aliphatic heterocycles. The van der Waals surface area contributed by atoms with E-state index in [4.69, 9.17) is 0 Å². The molecule has 0 radical (unpaired) electrons. The Labute approximate surface area is 108 Å². The van der Waals surface area contributed by atoms with Gasteiger partial charge in [-0.25, -0.2) is 8.42 Å². The normalized spacial score (nSPS) is 11.4. The highest BCUT2D eigenvalue weighted by Crippen LogP contribution is 2.09. The molecule has 0 bridgehead atoms. The quantitative estimate of drug-likeness (QED) is 0.774. The summed E-state index contributed by atoms with van der Waals surface area (Å²) < 4.78 is 21.8. The zero-order chi connectivity index (χ0) is 12.7. The minimum atomic E-state index is -2.81. The summed E-state index contributed by atoms with van der Waals surface area (Å²) in [5.41, 5.74) is 2.36. The van der Waals surface area contributed by atoms with E-state index in [9.17, 15) is 8.42 Å². The Hall–Kier alpha value is -0.680. The minimum Gasteiger partial charge on any atom is -0.384 e. The van der Waals surface area contributed by atoms with E-state index in [-0.39, 0.29) is 5.75 Å². The smallest absolute Gasteiger partial charge is 0.148 e. The maximum Gasteiger partial charge on any atom is 0.148 e. The monoisotopic (exact) mass is 273 g/mol. The lowest BCUT2D eigenvalue weighted by Crippen LogP contribution is -2.08. The van der Waals surface area contributed by atoms with Gasteiger partial charge < -0.3 is 5.32 Å². The van der Waals surface area contributed by atoms with Gasteiger partial charge in [0.05, 0.1) is 5.75 Å². The Morgan fingerprint density at radius 1 is 1.18 bits per heavy atom. The average molecular weight is 273 g/mol. The predicted molar refractivity (Wildman–Crippen MR) is 76.7 cm³/mol. The first-order valence-corrected chi connectivity index (χ1v) is 8.75. The molecule has 1 rings (SSSR count). The second kappa shape index (κ2) is 6.91. The zero-order valence-corrected chi connectivity index (χ0v) is 11.9. The van der Waals surface area contributed by atoms with Crippen LogP contribution in [0.15, 0.2) is 24.3 Å². The van der Waals surface area contributed by atoms with Crippen molar-refractivity contribution in [1.82, 2.24) is 0 Å². The maximum atomic E-state index is 10.9. The molecule has 0 atom stereocenters. The van der Waals surface area contributed by atoms with E-state index in [2.05, 4.69) is 36.5 Å². The molecule has 1 aromatic rings. The highest BCUT2D eigenvalue weighted by Gasteiger charge is 2.00. The van der Waals surface area contributed by atoms with Crippen LogP contribution in [0.3, 0.4) is 0 Å². The van der Waals surface area contributed by atoms with Crippen LogP contribution < -0.4 is 5.32 Å². The molecule has 5 heteroatoms. The Morgan fingerprint density at radius 3 is 2.41 bits per heavy atom. The number of sulfone groups is 1. The van der Waals surface area contributed by atoms with Crippen LogP contribution in [-0.4, -0.2) is 38.5 Å². The fraction of sp³-hybridized carbons (Fsp3) is 0.500. The van der Waals surface area contributed by atoms with Crippen LogP contribution in [0.4, 0.5) is 5.69 Å². The van der Waals surface area contributed by atoms with Gasteiger partial charge in [0.25, 0.3) is 0 Å². The average Bonchev–Trinajstić information content (AvgIpc) is 2.24. The Morgan fingerprint density at radius 2 is 1.82 bits per heavy atom. The van der Waals surface area contributed by atoms with Crippen LogP contribution in [-0.2, 0) is 9.84 Å². The molecule has 0 aliphatic rings. The van der Waals surface area contributed by atoms with Crippen LogP contribution in [0.1, 0.15) is 5.56 Å². The molecule has 0 heterocycles. The second-order valence-corrected chi connectivity index (χ2v) is 7.52. The van der Waals surface area contributed by atoms with Gasteiger partial charge in [-0.2, -0.15) is 11.8 Å². The van der Waals surface area contributed by atoms with Crippen LogP contribution >= 0.6 is 11.8 Å². The van der Waals surface area contributed by atoms with E-state index in [1.807, 2.05) is 0 Å². The molecular weight excluding hydrogens is 254 g/mol. The minimum absolute atomic E-state index is 0.266. The molecule has 17 heavy (non-hydrogen) atoms. The lowest BCUT2D eigenvalue weighted by Gasteiger charge is -2.06. The van der Waals surface area contributed by atoms with Gasteiger partial charge in [0.15, 0.2) is 0 Å². The molecule has 0 saturated carbocycles. The topological polar surface area (TPSA) is 46.2 Å². The summed E-state index contributed by atoms with van der Waals surface area (Å²) in [5.74, 6) is 1.86. The molecule has 0 amide bonds. The number of rotatable bonds is 7.